The van der Waals surface area contributed by atoms with Crippen LogP contribution in [0.2, 0.25) is 0 Å². The summed E-state index contributed by atoms with van der Waals surface area (Å²) in [5, 5.41) is 0.243. The third-order valence-electron chi connectivity index (χ3n) is 7.34. The number of nitrogens with zero attached hydrogens (tertiary/aromatic N) is 2. The van der Waals surface area contributed by atoms with Crippen LogP contribution in [-0.2, 0) is 19.3 Å². The molecule has 5 rings (SSSR count). The van der Waals surface area contributed by atoms with Gasteiger partial charge in [-0.1, -0.05) is 92.7 Å². The predicted octanol–water partition coefficient (Wildman–Crippen LogP) is 8.57. The van der Waals surface area contributed by atoms with E-state index in [1.165, 1.54) is 17.8 Å². The minimum absolute atomic E-state index is 0.208. The van der Waals surface area contributed by atoms with Gasteiger partial charge in [0.2, 0.25) is 0 Å². The van der Waals surface area contributed by atoms with Crippen LogP contribution in [0.5, 0.6) is 5.75 Å². The van der Waals surface area contributed by atoms with E-state index in [9.17, 15) is 18.0 Å². The number of rotatable bonds is 10. The van der Waals surface area contributed by atoms with Crippen LogP contribution in [0.15, 0.2) is 103 Å². The van der Waals surface area contributed by atoms with Crippen molar-refractivity contribution in [1.82, 2.24) is 9.88 Å². The molecule has 0 saturated heterocycles. The Bertz CT molecular complexity index is 1680. The number of carbonyl (C=O) groups is 1. The van der Waals surface area contributed by atoms with Crippen molar-refractivity contribution in [3.63, 3.8) is 0 Å². The summed E-state index contributed by atoms with van der Waals surface area (Å²) < 4.78 is 47.8. The zero-order valence-corrected chi connectivity index (χ0v) is 23.5. The van der Waals surface area contributed by atoms with Crippen LogP contribution in [0.25, 0.3) is 22.0 Å². The molecule has 0 saturated carbocycles. The van der Waals surface area contributed by atoms with Crippen LogP contribution < -0.4 is 4.74 Å². The molecule has 7 heteroatoms. The molecule has 0 fully saturated rings. The van der Waals surface area contributed by atoms with Gasteiger partial charge < -0.3 is 4.74 Å². The summed E-state index contributed by atoms with van der Waals surface area (Å²) in [5.41, 5.74) is 2.74. The van der Waals surface area contributed by atoms with Crippen molar-refractivity contribution in [3.05, 3.63) is 131 Å². The summed E-state index contributed by atoms with van der Waals surface area (Å²) in [5.74, 6) is 0.211. The first-order chi connectivity index (χ1) is 20.3. The quantitative estimate of drug-likeness (QED) is 0.158. The highest BCUT2D eigenvalue weighted by molar-refractivity contribution is 6.16. The van der Waals surface area contributed by atoms with Crippen molar-refractivity contribution in [3.8, 4) is 16.9 Å². The first-order valence-corrected chi connectivity index (χ1v) is 13.9. The molecular formula is C35H31F3N2O2. The number of benzene rings is 4. The molecule has 0 aliphatic heterocycles. The van der Waals surface area contributed by atoms with Gasteiger partial charge in [0.05, 0.1) is 11.1 Å². The Morgan fingerprint density at radius 2 is 1.52 bits per heavy atom. The summed E-state index contributed by atoms with van der Waals surface area (Å²) >= 11 is 0. The number of para-hydroxylation sites is 1. The van der Waals surface area contributed by atoms with E-state index in [2.05, 4.69) is 35.9 Å². The van der Waals surface area contributed by atoms with E-state index < -0.39 is 11.7 Å². The average molecular weight is 569 g/mol. The first-order valence-electron chi connectivity index (χ1n) is 13.9. The fourth-order valence-electron chi connectivity index (χ4n) is 5.03. The molecule has 214 valence electrons. The van der Waals surface area contributed by atoms with Gasteiger partial charge in [-0.15, -0.1) is 0 Å². The SMILES string of the molecule is CCN(CC)Cc1ccc(COc2cccc(-c3c(C(=O)c4ccccc4)cnc4c(C(F)(F)F)cccc34)c2)cc1. The van der Waals surface area contributed by atoms with Gasteiger partial charge in [0.1, 0.15) is 12.4 Å². The maximum Gasteiger partial charge on any atom is 0.418 e. The maximum absolute atomic E-state index is 13.9. The summed E-state index contributed by atoms with van der Waals surface area (Å²) in [6, 6.07) is 27.9. The number of ether oxygens (including phenoxy) is 1. The standard InChI is InChI=1S/C35H31F3N2O2/c1-3-40(4-2)22-24-16-18-25(19-17-24)23-42-28-13-8-12-27(20-28)32-29-14-9-15-31(35(36,37)38)33(29)39-21-30(32)34(41)26-10-6-5-7-11-26/h5-21H,3-4,22-23H2,1-2H3. The van der Waals surface area contributed by atoms with Crippen LogP contribution in [0.1, 0.15) is 46.5 Å². The van der Waals surface area contributed by atoms with Gasteiger partial charge in [0.15, 0.2) is 5.78 Å². The van der Waals surface area contributed by atoms with Crippen LogP contribution >= 0.6 is 0 Å². The zero-order valence-electron chi connectivity index (χ0n) is 23.5. The van der Waals surface area contributed by atoms with Crippen molar-refractivity contribution in [1.29, 1.82) is 0 Å². The lowest BCUT2D eigenvalue weighted by Crippen LogP contribution is -2.22. The third kappa shape index (κ3) is 6.37. The third-order valence-corrected chi connectivity index (χ3v) is 7.34. The lowest BCUT2D eigenvalue weighted by molar-refractivity contribution is -0.136. The van der Waals surface area contributed by atoms with E-state index >= 15 is 0 Å². The number of alkyl halides is 3. The maximum atomic E-state index is 13.9. The molecular weight excluding hydrogens is 537 g/mol. The fourth-order valence-corrected chi connectivity index (χ4v) is 5.03. The van der Waals surface area contributed by atoms with Crippen molar-refractivity contribution in [2.45, 2.75) is 33.2 Å². The minimum atomic E-state index is -4.60. The summed E-state index contributed by atoms with van der Waals surface area (Å²) in [6.07, 6.45) is -3.35. The number of fused-ring (bicyclic) bond motifs is 1. The molecule has 4 nitrogen and oxygen atoms in total. The highest BCUT2D eigenvalue weighted by Crippen LogP contribution is 2.39. The minimum Gasteiger partial charge on any atom is -0.489 e. The molecule has 0 unspecified atom stereocenters. The Kier molecular flexibility index (Phi) is 8.69. The molecule has 0 aliphatic rings. The predicted molar refractivity (Wildman–Crippen MR) is 159 cm³/mol. The van der Waals surface area contributed by atoms with Crippen molar-refractivity contribution in [2.75, 3.05) is 13.1 Å². The molecule has 0 radical (unpaired) electrons. The zero-order chi connectivity index (χ0) is 29.7. The second-order valence-electron chi connectivity index (χ2n) is 10.0. The summed E-state index contributed by atoms with van der Waals surface area (Å²) in [6.45, 7) is 7.46. The van der Waals surface area contributed by atoms with Gasteiger partial charge in [-0.2, -0.15) is 13.2 Å². The highest BCUT2D eigenvalue weighted by atomic mass is 19.4. The Morgan fingerprint density at radius 1 is 0.833 bits per heavy atom. The molecule has 4 aromatic carbocycles. The molecule has 0 N–H and O–H groups in total. The lowest BCUT2D eigenvalue weighted by atomic mass is 9.91. The van der Waals surface area contributed by atoms with Gasteiger partial charge in [-0.25, -0.2) is 0 Å². The molecule has 0 amide bonds. The van der Waals surface area contributed by atoms with Crippen LogP contribution in [0.4, 0.5) is 13.2 Å². The fraction of sp³-hybridized carbons (Fsp3) is 0.200. The number of hydrogen-bond donors (Lipinski definition) is 0. The van der Waals surface area contributed by atoms with Gasteiger partial charge in [0.25, 0.3) is 0 Å². The largest absolute Gasteiger partial charge is 0.489 e. The van der Waals surface area contributed by atoms with E-state index in [-0.39, 0.29) is 22.2 Å². The van der Waals surface area contributed by atoms with Crippen molar-refractivity contribution >= 4 is 16.7 Å². The van der Waals surface area contributed by atoms with Crippen LogP contribution in [-0.4, -0.2) is 28.8 Å². The van der Waals surface area contributed by atoms with E-state index in [4.69, 9.17) is 4.74 Å². The molecule has 5 aromatic rings. The van der Waals surface area contributed by atoms with Crippen LogP contribution in [0, 0.1) is 0 Å². The van der Waals surface area contributed by atoms with Gasteiger partial charge in [0, 0.05) is 34.8 Å². The van der Waals surface area contributed by atoms with E-state index in [0.29, 0.717) is 29.0 Å². The molecule has 0 spiro atoms. The Labute approximate surface area is 243 Å². The Morgan fingerprint density at radius 3 is 2.21 bits per heavy atom. The highest BCUT2D eigenvalue weighted by Gasteiger charge is 2.34. The number of carbonyl (C=O) groups excluding carboxylic acids is 1. The lowest BCUT2D eigenvalue weighted by Gasteiger charge is -2.18. The van der Waals surface area contributed by atoms with Gasteiger partial charge in [-0.3, -0.25) is 14.7 Å². The van der Waals surface area contributed by atoms with Gasteiger partial charge in [-0.05, 0) is 48.0 Å². The molecule has 1 heterocycles. The Balaban J connectivity index is 1.50. The van der Waals surface area contributed by atoms with E-state index in [0.717, 1.165) is 31.3 Å². The van der Waals surface area contributed by atoms with Crippen molar-refractivity contribution < 1.29 is 22.7 Å². The molecule has 0 aliphatic carbocycles. The molecule has 0 atom stereocenters. The first kappa shape index (κ1) is 29.0. The number of hydrogen-bond acceptors (Lipinski definition) is 4. The topological polar surface area (TPSA) is 42.4 Å². The van der Waals surface area contributed by atoms with E-state index in [1.54, 1.807) is 60.7 Å². The second kappa shape index (κ2) is 12.6. The van der Waals surface area contributed by atoms with E-state index in [1.807, 2.05) is 12.1 Å². The molecule has 1 aromatic heterocycles. The smallest absolute Gasteiger partial charge is 0.418 e. The number of halogens is 3. The number of aromatic nitrogens is 1. The number of ketones is 1. The molecule has 42 heavy (non-hydrogen) atoms. The summed E-state index contributed by atoms with van der Waals surface area (Å²) in [4.78, 5) is 20.1. The summed E-state index contributed by atoms with van der Waals surface area (Å²) in [7, 11) is 0. The molecule has 0 bridgehead atoms. The second-order valence-corrected chi connectivity index (χ2v) is 10.0. The van der Waals surface area contributed by atoms with Crippen molar-refractivity contribution in [2.24, 2.45) is 0 Å². The average Bonchev–Trinajstić information content (AvgIpc) is 3.02. The monoisotopic (exact) mass is 568 g/mol. The number of pyridine rings is 1. The van der Waals surface area contributed by atoms with Gasteiger partial charge >= 0.3 is 6.18 Å². The Hall–Kier alpha value is -4.49. The van der Waals surface area contributed by atoms with Crippen LogP contribution in [0.3, 0.4) is 0 Å². The normalized spacial score (nSPS) is 11.7.